The second kappa shape index (κ2) is 6.60. The quantitative estimate of drug-likeness (QED) is 0.662. The molecule has 0 atom stereocenters. The van der Waals surface area contributed by atoms with Crippen LogP contribution in [0.15, 0.2) is 48.5 Å². The van der Waals surface area contributed by atoms with Gasteiger partial charge < -0.3 is 9.88 Å². The lowest BCUT2D eigenvalue weighted by atomic mass is 10.2. The third-order valence-corrected chi connectivity index (χ3v) is 3.71. The van der Waals surface area contributed by atoms with Crippen molar-refractivity contribution in [3.63, 3.8) is 0 Å². The summed E-state index contributed by atoms with van der Waals surface area (Å²) in [5, 5.41) is 2.28. The number of para-hydroxylation sites is 2. The van der Waals surface area contributed by atoms with Crippen molar-refractivity contribution in [2.45, 2.75) is 18.9 Å². The lowest BCUT2D eigenvalue weighted by Gasteiger charge is -2.12. The van der Waals surface area contributed by atoms with E-state index in [9.17, 15) is 31.1 Å². The average molecular weight is 387 g/mol. The maximum Gasteiger partial charge on any atom is 0.449 e. The zero-order valence-electron chi connectivity index (χ0n) is 13.4. The van der Waals surface area contributed by atoms with Crippen LogP contribution in [-0.4, -0.2) is 15.5 Å². The van der Waals surface area contributed by atoms with E-state index in [1.165, 1.54) is 24.3 Å². The Labute approximate surface area is 148 Å². The number of hydrogen-bond acceptors (Lipinski definition) is 2. The van der Waals surface area contributed by atoms with Gasteiger partial charge in [0.15, 0.2) is 0 Å². The van der Waals surface area contributed by atoms with Crippen LogP contribution in [0.2, 0.25) is 0 Å². The number of imidazole rings is 1. The van der Waals surface area contributed by atoms with Gasteiger partial charge in [-0.25, -0.2) is 4.98 Å². The molecule has 3 aromatic rings. The van der Waals surface area contributed by atoms with E-state index >= 15 is 0 Å². The molecule has 142 valence electrons. The molecule has 2 aromatic carbocycles. The third kappa shape index (κ3) is 4.04. The number of nitrogens with one attached hydrogen (secondary N) is 1. The molecule has 0 spiro atoms. The first kappa shape index (κ1) is 18.7. The standard InChI is InChI=1S/C17H11F6N3O/c18-16(19,20)10-5-7-11(8-6-10)24-14(27)9-26-13-4-2-1-3-12(13)25-15(26)17(21,22)23/h1-8H,9H2,(H,24,27). The lowest BCUT2D eigenvalue weighted by Crippen LogP contribution is -2.23. The van der Waals surface area contributed by atoms with E-state index < -0.39 is 36.2 Å². The minimum absolute atomic E-state index is 0.0333. The van der Waals surface area contributed by atoms with Crippen molar-refractivity contribution >= 4 is 22.6 Å². The first-order valence-corrected chi connectivity index (χ1v) is 7.55. The number of nitrogens with zero attached hydrogens (tertiary/aromatic N) is 2. The van der Waals surface area contributed by atoms with Crippen molar-refractivity contribution in [3.8, 4) is 0 Å². The summed E-state index contributed by atoms with van der Waals surface area (Å²) in [6.07, 6.45) is -9.30. The molecule has 0 radical (unpaired) electrons. The van der Waals surface area contributed by atoms with Gasteiger partial charge in [0.05, 0.1) is 16.6 Å². The van der Waals surface area contributed by atoms with Gasteiger partial charge >= 0.3 is 12.4 Å². The molecule has 0 saturated heterocycles. The Balaban J connectivity index is 1.84. The predicted octanol–water partition coefficient (Wildman–Crippen LogP) is 4.71. The van der Waals surface area contributed by atoms with Crippen molar-refractivity contribution < 1.29 is 31.1 Å². The fourth-order valence-electron chi connectivity index (χ4n) is 2.54. The first-order chi connectivity index (χ1) is 12.6. The number of benzene rings is 2. The van der Waals surface area contributed by atoms with Crippen LogP contribution in [0.3, 0.4) is 0 Å². The zero-order valence-corrected chi connectivity index (χ0v) is 13.4. The second-order valence-electron chi connectivity index (χ2n) is 5.63. The number of carbonyl (C=O) groups is 1. The van der Waals surface area contributed by atoms with E-state index in [1.54, 1.807) is 0 Å². The van der Waals surface area contributed by atoms with E-state index in [0.717, 1.165) is 28.8 Å². The molecule has 0 saturated carbocycles. The summed E-state index contributed by atoms with van der Waals surface area (Å²) in [5.74, 6) is -2.06. The van der Waals surface area contributed by atoms with Gasteiger partial charge in [-0.1, -0.05) is 12.1 Å². The van der Waals surface area contributed by atoms with Crippen LogP contribution in [0, 0.1) is 0 Å². The summed E-state index contributed by atoms with van der Waals surface area (Å²) in [6, 6.07) is 9.38. The van der Waals surface area contributed by atoms with Crippen molar-refractivity contribution in [1.82, 2.24) is 9.55 Å². The van der Waals surface area contributed by atoms with Gasteiger partial charge in [-0.3, -0.25) is 4.79 Å². The highest BCUT2D eigenvalue weighted by Crippen LogP contribution is 2.32. The summed E-state index contributed by atoms with van der Waals surface area (Å²) < 4.78 is 77.9. The molecule has 0 aliphatic heterocycles. The minimum Gasteiger partial charge on any atom is -0.325 e. The molecule has 0 fully saturated rings. The predicted molar refractivity (Wildman–Crippen MR) is 84.8 cm³/mol. The normalized spacial score (nSPS) is 12.4. The molecule has 0 bridgehead atoms. The van der Waals surface area contributed by atoms with Crippen LogP contribution in [0.1, 0.15) is 11.4 Å². The molecule has 1 N–H and O–H groups in total. The molecule has 1 amide bonds. The molecule has 1 aromatic heterocycles. The van der Waals surface area contributed by atoms with Crippen molar-refractivity contribution in [2.75, 3.05) is 5.32 Å². The van der Waals surface area contributed by atoms with E-state index in [4.69, 9.17) is 0 Å². The Morgan fingerprint density at radius 2 is 1.56 bits per heavy atom. The number of halogens is 6. The van der Waals surface area contributed by atoms with E-state index in [1.807, 2.05) is 0 Å². The number of amides is 1. The lowest BCUT2D eigenvalue weighted by molar-refractivity contribution is -0.147. The van der Waals surface area contributed by atoms with Gasteiger partial charge in [0.25, 0.3) is 0 Å². The summed E-state index contributed by atoms with van der Waals surface area (Å²) in [5.41, 5.74) is -0.675. The SMILES string of the molecule is O=C(Cn1c(C(F)(F)F)nc2ccccc21)Nc1ccc(C(F)(F)F)cc1. The second-order valence-corrected chi connectivity index (χ2v) is 5.63. The van der Waals surface area contributed by atoms with Crippen LogP contribution in [0.4, 0.5) is 32.0 Å². The van der Waals surface area contributed by atoms with Gasteiger partial charge in [-0.15, -0.1) is 0 Å². The number of fused-ring (bicyclic) bond motifs is 1. The summed E-state index contributed by atoms with van der Waals surface area (Å²) in [7, 11) is 0. The number of rotatable bonds is 3. The Kier molecular flexibility index (Phi) is 4.58. The summed E-state index contributed by atoms with van der Waals surface area (Å²) >= 11 is 0. The molecular weight excluding hydrogens is 376 g/mol. The Hall–Kier alpha value is -3.04. The van der Waals surface area contributed by atoms with Crippen molar-refractivity contribution in [3.05, 3.63) is 59.9 Å². The molecule has 0 aliphatic rings. The topological polar surface area (TPSA) is 46.9 Å². The zero-order chi connectivity index (χ0) is 19.8. The molecule has 10 heteroatoms. The molecule has 3 rings (SSSR count). The highest BCUT2D eigenvalue weighted by Gasteiger charge is 2.38. The Morgan fingerprint density at radius 1 is 0.926 bits per heavy atom. The van der Waals surface area contributed by atoms with E-state index in [0.29, 0.717) is 0 Å². The molecule has 0 unspecified atom stereocenters. The fraction of sp³-hybridized carbons (Fsp3) is 0.176. The molecule has 27 heavy (non-hydrogen) atoms. The maximum absolute atomic E-state index is 13.2. The molecule has 1 heterocycles. The highest BCUT2D eigenvalue weighted by molar-refractivity contribution is 5.91. The minimum atomic E-state index is -4.77. The molecule has 4 nitrogen and oxygen atoms in total. The van der Waals surface area contributed by atoms with Crippen LogP contribution in [-0.2, 0) is 23.7 Å². The van der Waals surface area contributed by atoms with Crippen molar-refractivity contribution in [1.29, 1.82) is 0 Å². The van der Waals surface area contributed by atoms with Gasteiger partial charge in [-0.2, -0.15) is 26.3 Å². The maximum atomic E-state index is 13.2. The summed E-state index contributed by atoms with van der Waals surface area (Å²) in [6.45, 7) is -0.698. The number of aromatic nitrogens is 2. The molecular formula is C17H11F6N3O. The third-order valence-electron chi connectivity index (χ3n) is 3.71. The van der Waals surface area contributed by atoms with E-state index in [2.05, 4.69) is 10.3 Å². The Bertz CT molecular complexity index is 973. The first-order valence-electron chi connectivity index (χ1n) is 7.55. The number of anilines is 1. The number of carbonyl (C=O) groups excluding carboxylic acids is 1. The number of alkyl halides is 6. The Morgan fingerprint density at radius 3 is 2.15 bits per heavy atom. The van der Waals surface area contributed by atoms with Crippen molar-refractivity contribution in [2.24, 2.45) is 0 Å². The van der Waals surface area contributed by atoms with Crippen LogP contribution < -0.4 is 5.32 Å². The monoisotopic (exact) mass is 387 g/mol. The van der Waals surface area contributed by atoms with Crippen LogP contribution in [0.5, 0.6) is 0 Å². The van der Waals surface area contributed by atoms with Gasteiger partial charge in [0, 0.05) is 5.69 Å². The van der Waals surface area contributed by atoms with Gasteiger partial charge in [0.1, 0.15) is 6.54 Å². The van der Waals surface area contributed by atoms with Crippen LogP contribution >= 0.6 is 0 Å². The average Bonchev–Trinajstić information content (AvgIpc) is 2.93. The summed E-state index contributed by atoms with van der Waals surface area (Å²) in [4.78, 5) is 15.7. The number of hydrogen-bond donors (Lipinski definition) is 1. The largest absolute Gasteiger partial charge is 0.449 e. The fourth-order valence-corrected chi connectivity index (χ4v) is 2.54. The molecule has 0 aliphatic carbocycles. The smallest absolute Gasteiger partial charge is 0.325 e. The van der Waals surface area contributed by atoms with Gasteiger partial charge in [-0.05, 0) is 36.4 Å². The highest BCUT2D eigenvalue weighted by atomic mass is 19.4. The van der Waals surface area contributed by atoms with Gasteiger partial charge in [0.2, 0.25) is 11.7 Å². The van der Waals surface area contributed by atoms with E-state index in [-0.39, 0.29) is 16.7 Å². The van der Waals surface area contributed by atoms with Crippen LogP contribution in [0.25, 0.3) is 11.0 Å².